The molecule has 0 unspecified atom stereocenters. The predicted octanol–water partition coefficient (Wildman–Crippen LogP) is 19.4. The normalized spacial score (nSPS) is 41.2. The Balaban J connectivity index is 0.000000168. The number of ketones is 4. The number of carbonyl (C=O) groups is 4. The third kappa shape index (κ3) is 13.4. The van der Waals surface area contributed by atoms with Crippen LogP contribution in [-0.2, 0) is 19.2 Å². The number of halogens is 4. The number of carbonyl (C=O) groups excluding carboxylic acids is 4. The summed E-state index contributed by atoms with van der Waals surface area (Å²) >= 11 is 0. The maximum absolute atomic E-state index is 15.8. The van der Waals surface area contributed by atoms with Crippen LogP contribution in [0.15, 0.2) is 70.9 Å². The monoisotopic (exact) mass is 1550 g/mol. The lowest BCUT2D eigenvalue weighted by molar-refractivity contribution is -0.118. The molecule has 0 radical (unpaired) electrons. The third-order valence-electron chi connectivity index (χ3n) is 34.9. The first-order valence-corrected chi connectivity index (χ1v) is 44.3. The van der Waals surface area contributed by atoms with E-state index in [9.17, 15) is 39.6 Å². The number of aliphatic hydroxyl groups is 4. The molecule has 4 N–H and O–H groups in total. The second-order valence-electron chi connectivity index (χ2n) is 38.0. The molecule has 18 rings (SSSR count). The van der Waals surface area contributed by atoms with Crippen molar-refractivity contribution in [2.24, 2.45) is 116 Å². The number of hydrogen-bond donors (Lipinski definition) is 4. The Morgan fingerprint density at radius 1 is 0.316 bits per heavy atom. The average Bonchev–Trinajstić information content (AvgIpc) is 1.55. The molecular formula is C100H118F4N2O8. The zero-order valence-corrected chi connectivity index (χ0v) is 68.1. The van der Waals surface area contributed by atoms with Crippen molar-refractivity contribution in [1.29, 1.82) is 10.5 Å². The van der Waals surface area contributed by atoms with Crippen LogP contribution < -0.4 is 0 Å². The highest BCUT2D eigenvalue weighted by Crippen LogP contribution is 2.71. The minimum atomic E-state index is -1.28. The molecule has 14 heteroatoms. The quantitative estimate of drug-likeness (QED) is 0.169. The van der Waals surface area contributed by atoms with Crippen molar-refractivity contribution in [2.75, 3.05) is 0 Å². The zero-order chi connectivity index (χ0) is 80.7. The Hall–Kier alpha value is -7.14. The molecule has 16 aliphatic carbocycles. The Kier molecular flexibility index (Phi) is 23.0. The van der Waals surface area contributed by atoms with Gasteiger partial charge in [-0.3, -0.25) is 19.2 Å². The van der Waals surface area contributed by atoms with Crippen LogP contribution in [0.2, 0.25) is 0 Å². The molecule has 0 aromatic heterocycles. The van der Waals surface area contributed by atoms with Crippen molar-refractivity contribution in [2.45, 2.75) is 295 Å². The second-order valence-corrected chi connectivity index (χ2v) is 38.0. The van der Waals surface area contributed by atoms with Crippen LogP contribution in [0, 0.1) is 210 Å². The summed E-state index contributed by atoms with van der Waals surface area (Å²) in [4.78, 5) is 48.6. The minimum absolute atomic E-state index is 0.0766. The predicted molar refractivity (Wildman–Crippen MR) is 429 cm³/mol. The van der Waals surface area contributed by atoms with Gasteiger partial charge >= 0.3 is 0 Å². The van der Waals surface area contributed by atoms with Crippen LogP contribution in [0.3, 0.4) is 0 Å². The highest BCUT2D eigenvalue weighted by Gasteiger charge is 2.68. The van der Waals surface area contributed by atoms with Gasteiger partial charge < -0.3 is 20.4 Å². The molecule has 0 saturated heterocycles. The van der Waals surface area contributed by atoms with Crippen LogP contribution >= 0.6 is 0 Å². The number of fused-ring (bicyclic) bond motifs is 20. The lowest BCUT2D eigenvalue weighted by atomic mass is 9.49. The number of rotatable bonds is 4. The third-order valence-corrected chi connectivity index (χ3v) is 34.9. The summed E-state index contributed by atoms with van der Waals surface area (Å²) in [5.74, 6) is 28.2. The van der Waals surface area contributed by atoms with E-state index < -0.39 is 45.7 Å². The Bertz CT molecular complexity index is 4130. The first-order chi connectivity index (χ1) is 54.8. The van der Waals surface area contributed by atoms with Gasteiger partial charge in [-0.05, 0) is 349 Å². The van der Waals surface area contributed by atoms with E-state index in [1.54, 1.807) is 12.1 Å². The molecule has 0 amide bonds. The van der Waals surface area contributed by atoms with Crippen LogP contribution in [0.1, 0.15) is 295 Å². The van der Waals surface area contributed by atoms with Crippen LogP contribution in [0.5, 0.6) is 0 Å². The van der Waals surface area contributed by atoms with Gasteiger partial charge in [-0.25, -0.2) is 17.6 Å². The van der Waals surface area contributed by atoms with Gasteiger partial charge in [-0.1, -0.05) is 97.4 Å². The summed E-state index contributed by atoms with van der Waals surface area (Å²) in [7, 11) is 0. The van der Waals surface area contributed by atoms with E-state index in [-0.39, 0.29) is 67.0 Å². The van der Waals surface area contributed by atoms with E-state index in [1.165, 1.54) is 60.4 Å². The number of allylic oxidation sites excluding steroid dienone is 4. The van der Waals surface area contributed by atoms with E-state index in [2.05, 4.69) is 75.1 Å². The summed E-state index contributed by atoms with van der Waals surface area (Å²) < 4.78 is 63.1. The molecule has 10 nitrogen and oxygen atoms in total. The van der Waals surface area contributed by atoms with Gasteiger partial charge in [0.05, 0.1) is 34.4 Å². The summed E-state index contributed by atoms with van der Waals surface area (Å²) in [5, 5.41) is 63.7. The van der Waals surface area contributed by atoms with Crippen LogP contribution in [-0.4, -0.2) is 66.0 Å². The minimum Gasteiger partial charge on any atom is -0.377 e. The van der Waals surface area contributed by atoms with Gasteiger partial charge in [0, 0.05) is 61.2 Å². The summed E-state index contributed by atoms with van der Waals surface area (Å²) in [6.07, 6.45) is 38.1. The molecule has 0 aliphatic heterocycles. The summed E-state index contributed by atoms with van der Waals surface area (Å²) in [6, 6.07) is 9.41. The second kappa shape index (κ2) is 32.0. The summed E-state index contributed by atoms with van der Waals surface area (Å²) in [6.45, 7) is 11.4. The van der Waals surface area contributed by atoms with Gasteiger partial charge in [0.2, 0.25) is 0 Å². The highest BCUT2D eigenvalue weighted by atomic mass is 19.2. The van der Waals surface area contributed by atoms with Gasteiger partial charge in [0.15, 0.2) is 46.4 Å². The average molecular weight is 1550 g/mol. The van der Waals surface area contributed by atoms with Gasteiger partial charge in [0.25, 0.3) is 0 Å². The maximum Gasteiger partial charge on any atom is 0.175 e. The molecule has 24 atom stereocenters. The number of nitriles is 2. The standard InChI is InChI=1S/2C48H56F2O4.2C2H3N/c2*1-3-45-21-17-37-35-13-9-33(51)27-31(35)7-11-39(37)41(45)19-25-47(45,53)23-15-29-5-6-30(44(50)43(29)49)16-24-48(54)26-20-42-40-12-8-32-28-34(52)10-14-36(32)38(40)18-22-46(42,48)4-2;2*1-2-3/h2*5-6,27-28,35-42,53-54H,3-4,7-14,17-22,25-26H2,1-2H3;2*1H3/t2*35-,36-,37+,38+,39+,40+,41-,42-,45-,46-,47-,48-;;/m00../s1. The van der Waals surface area contributed by atoms with Gasteiger partial charge in [0.1, 0.15) is 22.4 Å². The highest BCUT2D eigenvalue weighted by molar-refractivity contribution is 5.93. The molecule has 12 fully saturated rings. The molecule has 2 aromatic carbocycles. The Morgan fingerprint density at radius 3 is 0.711 bits per heavy atom. The molecule has 0 spiro atoms. The molecule has 16 aliphatic rings. The van der Waals surface area contributed by atoms with Gasteiger partial charge in [-0.15, -0.1) is 0 Å². The van der Waals surface area contributed by atoms with Gasteiger partial charge in [-0.2, -0.15) is 10.5 Å². The topological polar surface area (TPSA) is 197 Å². The van der Waals surface area contributed by atoms with Crippen molar-refractivity contribution in [3.8, 4) is 59.5 Å². The lowest BCUT2D eigenvalue weighted by Crippen LogP contribution is -2.53. The maximum atomic E-state index is 15.8. The fourth-order valence-corrected chi connectivity index (χ4v) is 29.9. The molecule has 2 aromatic rings. The molecule has 12 saturated carbocycles. The van der Waals surface area contributed by atoms with E-state index >= 15 is 17.6 Å². The van der Waals surface area contributed by atoms with Crippen LogP contribution in [0.25, 0.3) is 0 Å². The molecule has 604 valence electrons. The Morgan fingerprint density at radius 2 is 0.518 bits per heavy atom. The zero-order valence-electron chi connectivity index (χ0n) is 68.1. The van der Waals surface area contributed by atoms with Crippen molar-refractivity contribution >= 4 is 23.1 Å². The fraction of sp³-hybridized carbons (Fsp3) is 0.660. The molecule has 0 bridgehead atoms. The molecule has 0 heterocycles. The van der Waals surface area contributed by atoms with E-state index in [1.807, 2.05) is 24.3 Å². The molecular weight excluding hydrogens is 1430 g/mol. The van der Waals surface area contributed by atoms with Crippen LogP contribution in [0.4, 0.5) is 17.6 Å². The van der Waals surface area contributed by atoms with Crippen molar-refractivity contribution < 1.29 is 57.2 Å². The Labute approximate surface area is 674 Å². The largest absolute Gasteiger partial charge is 0.377 e. The molecule has 114 heavy (non-hydrogen) atoms. The number of benzene rings is 2. The SMILES string of the molecule is CC#N.CC#N.CC[C@]12CC[C@H]3[C@@H](CCC4=CC(=O)CC[C@@H]43)[C@@H]1CC[C@@]2(O)C#Cc1ccc(C#C[C@]2(O)CC[C@H]3[C@@H]4CCC5=CC(=O)CC[C@@H]5[C@H]4CC[C@@]32CC)c(F)c1F.CC[C@]12CC[C@H]3[C@@H](CCC4=CC(=O)CC[C@@H]43)[C@@H]1CC[C@@]2(O)C#Cc1ccc(C#C[C@]2(O)CC[C@H]3[C@@H]4CCC5=CC(=O)CC[C@@H]5[C@H]4CC[C@@]32CC)c(F)c1F. The smallest absolute Gasteiger partial charge is 0.175 e. The first-order valence-electron chi connectivity index (χ1n) is 44.3. The number of nitrogens with zero attached hydrogens (tertiary/aromatic N) is 2. The van der Waals surface area contributed by atoms with Crippen molar-refractivity contribution in [3.63, 3.8) is 0 Å². The van der Waals surface area contributed by atoms with E-state index in [0.29, 0.717) is 146 Å². The van der Waals surface area contributed by atoms with Crippen molar-refractivity contribution in [3.05, 3.63) is 116 Å². The first kappa shape index (κ1) is 82.0. The van der Waals surface area contributed by atoms with E-state index in [4.69, 9.17) is 10.5 Å². The van der Waals surface area contributed by atoms with E-state index in [0.717, 1.165) is 180 Å². The number of hydrogen-bond acceptors (Lipinski definition) is 10. The van der Waals surface area contributed by atoms with Crippen molar-refractivity contribution in [1.82, 2.24) is 0 Å². The summed E-state index contributed by atoms with van der Waals surface area (Å²) in [5.41, 5.74) is -1.62. The lowest BCUT2D eigenvalue weighted by Gasteiger charge is -2.56. The fourth-order valence-electron chi connectivity index (χ4n) is 29.9.